The van der Waals surface area contributed by atoms with Crippen LogP contribution in [0, 0.1) is 0 Å². The molecule has 1 aromatic rings. The third-order valence-electron chi connectivity index (χ3n) is 4.59. The van der Waals surface area contributed by atoms with Gasteiger partial charge in [0.2, 0.25) is 0 Å². The van der Waals surface area contributed by atoms with Crippen LogP contribution in [0.1, 0.15) is 37.7 Å². The first-order valence-corrected chi connectivity index (χ1v) is 8.46. The van der Waals surface area contributed by atoms with Crippen LogP contribution in [0.4, 0.5) is 0 Å². The SMILES string of the molecule is c1ccc(C2(N3CCCCC3)CCSCC2)cc1. The average molecular weight is 261 g/mol. The number of hydrogen-bond acceptors (Lipinski definition) is 2. The lowest BCUT2D eigenvalue weighted by molar-refractivity contribution is 0.0552. The first-order valence-electron chi connectivity index (χ1n) is 7.30. The molecule has 2 aliphatic rings. The minimum atomic E-state index is 0.354. The highest BCUT2D eigenvalue weighted by atomic mass is 32.2. The Bertz CT molecular complexity index is 364. The largest absolute Gasteiger partial charge is 0.294 e. The Balaban J connectivity index is 1.92. The summed E-state index contributed by atoms with van der Waals surface area (Å²) in [7, 11) is 0. The highest BCUT2D eigenvalue weighted by Crippen LogP contribution is 2.42. The second-order valence-electron chi connectivity index (χ2n) is 5.56. The Labute approximate surface area is 115 Å². The summed E-state index contributed by atoms with van der Waals surface area (Å²) in [6, 6.07) is 11.3. The van der Waals surface area contributed by atoms with Crippen molar-refractivity contribution in [1.29, 1.82) is 0 Å². The van der Waals surface area contributed by atoms with E-state index in [0.717, 1.165) is 0 Å². The van der Waals surface area contributed by atoms with Crippen molar-refractivity contribution < 1.29 is 0 Å². The predicted octanol–water partition coefficient (Wildman–Crippen LogP) is 3.89. The van der Waals surface area contributed by atoms with E-state index in [4.69, 9.17) is 0 Å². The first kappa shape index (κ1) is 12.6. The molecule has 0 spiro atoms. The van der Waals surface area contributed by atoms with Crippen LogP contribution in [-0.4, -0.2) is 29.5 Å². The Morgan fingerprint density at radius 1 is 0.889 bits per heavy atom. The third kappa shape index (κ3) is 2.33. The van der Waals surface area contributed by atoms with Crippen LogP contribution in [0.2, 0.25) is 0 Å². The molecule has 2 saturated heterocycles. The van der Waals surface area contributed by atoms with E-state index in [-0.39, 0.29) is 0 Å². The van der Waals surface area contributed by atoms with Crippen molar-refractivity contribution in [1.82, 2.24) is 4.90 Å². The maximum atomic E-state index is 2.80. The second kappa shape index (κ2) is 5.66. The normalized spacial score (nSPS) is 24.9. The van der Waals surface area contributed by atoms with Crippen LogP contribution in [0.15, 0.2) is 30.3 Å². The molecule has 2 fully saturated rings. The molecule has 0 saturated carbocycles. The van der Waals surface area contributed by atoms with Gasteiger partial charge in [0, 0.05) is 5.54 Å². The summed E-state index contributed by atoms with van der Waals surface area (Å²) in [6.07, 6.45) is 6.88. The van der Waals surface area contributed by atoms with Gasteiger partial charge < -0.3 is 0 Å². The smallest absolute Gasteiger partial charge is 0.0476 e. The van der Waals surface area contributed by atoms with Gasteiger partial charge in [-0.25, -0.2) is 0 Å². The van der Waals surface area contributed by atoms with Crippen LogP contribution in [0.3, 0.4) is 0 Å². The van der Waals surface area contributed by atoms with Crippen molar-refractivity contribution in [2.45, 2.75) is 37.6 Å². The summed E-state index contributed by atoms with van der Waals surface area (Å²) in [4.78, 5) is 2.80. The number of likely N-dealkylation sites (tertiary alicyclic amines) is 1. The van der Waals surface area contributed by atoms with E-state index in [1.165, 1.54) is 56.7 Å². The molecule has 0 aromatic heterocycles. The molecule has 0 radical (unpaired) electrons. The van der Waals surface area contributed by atoms with Gasteiger partial charge in [0.05, 0.1) is 0 Å². The molecular formula is C16H23NS. The minimum Gasteiger partial charge on any atom is -0.294 e. The molecule has 2 heterocycles. The number of piperidine rings is 1. The van der Waals surface area contributed by atoms with Gasteiger partial charge in [-0.2, -0.15) is 11.8 Å². The van der Waals surface area contributed by atoms with E-state index in [2.05, 4.69) is 47.0 Å². The van der Waals surface area contributed by atoms with Crippen molar-refractivity contribution in [3.05, 3.63) is 35.9 Å². The molecule has 3 rings (SSSR count). The van der Waals surface area contributed by atoms with E-state index < -0.39 is 0 Å². The molecule has 1 nitrogen and oxygen atoms in total. The number of benzene rings is 1. The molecule has 0 atom stereocenters. The summed E-state index contributed by atoms with van der Waals surface area (Å²) in [5, 5.41) is 0. The molecule has 98 valence electrons. The summed E-state index contributed by atoms with van der Waals surface area (Å²) >= 11 is 2.13. The quantitative estimate of drug-likeness (QED) is 0.794. The standard InChI is InChI=1S/C16H23NS/c1-3-7-15(8-4-1)16(9-13-18-14-10-16)17-11-5-2-6-12-17/h1,3-4,7-8H,2,5-6,9-14H2. The Kier molecular flexibility index (Phi) is 3.95. The molecule has 2 aliphatic heterocycles. The zero-order valence-corrected chi connectivity index (χ0v) is 11.9. The van der Waals surface area contributed by atoms with Crippen molar-refractivity contribution in [3.8, 4) is 0 Å². The van der Waals surface area contributed by atoms with E-state index in [0.29, 0.717) is 5.54 Å². The fourth-order valence-electron chi connectivity index (χ4n) is 3.57. The lowest BCUT2D eigenvalue weighted by Crippen LogP contribution is -2.50. The van der Waals surface area contributed by atoms with E-state index in [1.807, 2.05) is 0 Å². The molecule has 18 heavy (non-hydrogen) atoms. The topological polar surface area (TPSA) is 3.24 Å². The minimum absolute atomic E-state index is 0.354. The van der Waals surface area contributed by atoms with Gasteiger partial charge >= 0.3 is 0 Å². The Morgan fingerprint density at radius 3 is 2.22 bits per heavy atom. The average Bonchev–Trinajstić information content (AvgIpc) is 2.50. The Morgan fingerprint density at radius 2 is 1.56 bits per heavy atom. The van der Waals surface area contributed by atoms with Crippen molar-refractivity contribution >= 4 is 11.8 Å². The van der Waals surface area contributed by atoms with E-state index in [1.54, 1.807) is 5.56 Å². The highest BCUT2D eigenvalue weighted by Gasteiger charge is 2.39. The van der Waals surface area contributed by atoms with Gasteiger partial charge in [0.25, 0.3) is 0 Å². The fourth-order valence-corrected chi connectivity index (χ4v) is 4.74. The van der Waals surface area contributed by atoms with Gasteiger partial charge in [-0.15, -0.1) is 0 Å². The fraction of sp³-hybridized carbons (Fsp3) is 0.625. The van der Waals surface area contributed by atoms with E-state index in [9.17, 15) is 0 Å². The molecule has 1 aromatic carbocycles. The summed E-state index contributed by atoms with van der Waals surface area (Å²) in [5.41, 5.74) is 1.92. The number of thioether (sulfide) groups is 1. The molecule has 0 aliphatic carbocycles. The number of hydrogen-bond donors (Lipinski definition) is 0. The van der Waals surface area contributed by atoms with Crippen LogP contribution in [-0.2, 0) is 5.54 Å². The lowest BCUT2D eigenvalue weighted by Gasteiger charge is -2.48. The van der Waals surface area contributed by atoms with Crippen LogP contribution in [0.25, 0.3) is 0 Å². The summed E-state index contributed by atoms with van der Waals surface area (Å²) < 4.78 is 0. The maximum absolute atomic E-state index is 2.80. The van der Waals surface area contributed by atoms with Gasteiger partial charge in [-0.1, -0.05) is 36.8 Å². The summed E-state index contributed by atoms with van der Waals surface area (Å²) in [5.74, 6) is 2.65. The van der Waals surface area contributed by atoms with Crippen molar-refractivity contribution in [2.75, 3.05) is 24.6 Å². The number of rotatable bonds is 2. The predicted molar refractivity (Wildman–Crippen MR) is 80.1 cm³/mol. The molecule has 2 heteroatoms. The van der Waals surface area contributed by atoms with Crippen molar-refractivity contribution in [2.24, 2.45) is 0 Å². The molecule has 0 N–H and O–H groups in total. The van der Waals surface area contributed by atoms with Gasteiger partial charge in [-0.05, 0) is 55.8 Å². The van der Waals surface area contributed by atoms with Crippen LogP contribution in [0.5, 0.6) is 0 Å². The third-order valence-corrected chi connectivity index (χ3v) is 5.58. The molecule has 0 amide bonds. The number of nitrogens with zero attached hydrogens (tertiary/aromatic N) is 1. The van der Waals surface area contributed by atoms with Gasteiger partial charge in [0.15, 0.2) is 0 Å². The van der Waals surface area contributed by atoms with Crippen molar-refractivity contribution in [3.63, 3.8) is 0 Å². The molecule has 0 unspecified atom stereocenters. The second-order valence-corrected chi connectivity index (χ2v) is 6.78. The monoisotopic (exact) mass is 261 g/mol. The van der Waals surface area contributed by atoms with Crippen LogP contribution >= 0.6 is 11.8 Å². The van der Waals surface area contributed by atoms with Gasteiger partial charge in [-0.3, -0.25) is 4.90 Å². The first-order chi connectivity index (χ1) is 8.92. The van der Waals surface area contributed by atoms with Crippen LogP contribution < -0.4 is 0 Å². The molecule has 0 bridgehead atoms. The zero-order valence-electron chi connectivity index (χ0n) is 11.1. The Hall–Kier alpha value is -0.470. The highest BCUT2D eigenvalue weighted by molar-refractivity contribution is 7.99. The van der Waals surface area contributed by atoms with Gasteiger partial charge in [0.1, 0.15) is 0 Å². The zero-order chi connectivity index (χ0) is 12.3. The summed E-state index contributed by atoms with van der Waals surface area (Å²) in [6.45, 7) is 2.61. The molecular weight excluding hydrogens is 238 g/mol. The van der Waals surface area contributed by atoms with E-state index >= 15 is 0 Å². The lowest BCUT2D eigenvalue weighted by atomic mass is 9.81. The maximum Gasteiger partial charge on any atom is 0.0476 e.